The summed E-state index contributed by atoms with van der Waals surface area (Å²) in [6.45, 7) is 8.48. The molecule has 2 heterocycles. The van der Waals surface area contributed by atoms with Crippen molar-refractivity contribution in [2.45, 2.75) is 47.2 Å². The number of nitrogens with one attached hydrogen (secondary N) is 1. The van der Waals surface area contributed by atoms with Gasteiger partial charge in [-0.15, -0.1) is 0 Å². The van der Waals surface area contributed by atoms with Crippen LogP contribution in [0, 0.1) is 32.4 Å². The van der Waals surface area contributed by atoms with Crippen molar-refractivity contribution < 1.29 is 13.6 Å². The van der Waals surface area contributed by atoms with Crippen LogP contribution in [-0.2, 0) is 13.1 Å². The van der Waals surface area contributed by atoms with Gasteiger partial charge in [0.1, 0.15) is 17.2 Å². The Labute approximate surface area is 173 Å². The average Bonchev–Trinajstić information content (AvgIpc) is 2.96. The number of hydrogen-bond acceptors (Lipinski definition) is 3. The van der Waals surface area contributed by atoms with E-state index in [0.29, 0.717) is 5.56 Å². The van der Waals surface area contributed by atoms with Gasteiger partial charge in [-0.05, 0) is 51.0 Å². The highest BCUT2D eigenvalue weighted by molar-refractivity contribution is 5.95. The van der Waals surface area contributed by atoms with Crippen molar-refractivity contribution in [3.05, 3.63) is 80.5 Å². The van der Waals surface area contributed by atoms with Crippen LogP contribution in [0.25, 0.3) is 5.69 Å². The Balaban J connectivity index is 1.92. The second-order valence-electron chi connectivity index (χ2n) is 7.20. The number of hydrogen-bond donors (Lipinski definition) is 1. The highest BCUT2D eigenvalue weighted by atomic mass is 19.1. The molecule has 0 fully saturated rings. The predicted molar refractivity (Wildman–Crippen MR) is 110 cm³/mol. The van der Waals surface area contributed by atoms with Gasteiger partial charge in [-0.3, -0.25) is 18.8 Å². The van der Waals surface area contributed by atoms with Crippen LogP contribution >= 0.6 is 0 Å². The van der Waals surface area contributed by atoms with E-state index >= 15 is 0 Å². The van der Waals surface area contributed by atoms with E-state index in [2.05, 4.69) is 17.3 Å². The molecule has 3 rings (SSSR count). The van der Waals surface area contributed by atoms with E-state index in [9.17, 15) is 18.4 Å². The van der Waals surface area contributed by atoms with Crippen molar-refractivity contribution in [3.63, 3.8) is 0 Å². The van der Waals surface area contributed by atoms with Crippen molar-refractivity contribution >= 4 is 5.91 Å². The summed E-state index contributed by atoms with van der Waals surface area (Å²) in [5, 5.41) is 7.25. The molecule has 1 aromatic carbocycles. The standard InChI is InChI=1S/C22H24F2N4O2/c1-5-9-28-15(4)17(14(3)26-28)12-25-21(29)20-13(2)8-10-27(22(20)30)19-11-16(23)6-7-18(19)24/h6-8,10-11H,5,9,12H2,1-4H3,(H,25,29). The highest BCUT2D eigenvalue weighted by Crippen LogP contribution is 2.16. The minimum Gasteiger partial charge on any atom is -0.348 e. The minimum absolute atomic E-state index is 0.114. The zero-order valence-corrected chi connectivity index (χ0v) is 17.4. The Morgan fingerprint density at radius 1 is 1.17 bits per heavy atom. The Bertz CT molecular complexity index is 1160. The fraction of sp³-hybridized carbons (Fsp3) is 0.318. The van der Waals surface area contributed by atoms with Crippen molar-refractivity contribution in [1.82, 2.24) is 19.7 Å². The minimum atomic E-state index is -0.761. The van der Waals surface area contributed by atoms with Gasteiger partial charge < -0.3 is 5.32 Å². The molecule has 0 saturated carbocycles. The number of rotatable bonds is 6. The normalized spacial score (nSPS) is 11.0. The fourth-order valence-corrected chi connectivity index (χ4v) is 3.44. The Morgan fingerprint density at radius 2 is 1.90 bits per heavy atom. The molecule has 0 saturated heterocycles. The van der Waals surface area contributed by atoms with Crippen LogP contribution in [0.4, 0.5) is 8.78 Å². The maximum absolute atomic E-state index is 14.2. The molecule has 30 heavy (non-hydrogen) atoms. The van der Waals surface area contributed by atoms with Crippen LogP contribution < -0.4 is 10.9 Å². The van der Waals surface area contributed by atoms with Crippen molar-refractivity contribution in [3.8, 4) is 5.69 Å². The third kappa shape index (κ3) is 4.03. The molecule has 0 unspecified atom stereocenters. The third-order valence-electron chi connectivity index (χ3n) is 5.09. The lowest BCUT2D eigenvalue weighted by Crippen LogP contribution is -2.33. The lowest BCUT2D eigenvalue weighted by molar-refractivity contribution is 0.0948. The average molecular weight is 414 g/mol. The van der Waals surface area contributed by atoms with Crippen LogP contribution in [-0.4, -0.2) is 20.3 Å². The van der Waals surface area contributed by atoms with Crippen molar-refractivity contribution in [2.24, 2.45) is 0 Å². The highest BCUT2D eigenvalue weighted by Gasteiger charge is 2.19. The van der Waals surface area contributed by atoms with Crippen LogP contribution in [0.5, 0.6) is 0 Å². The summed E-state index contributed by atoms with van der Waals surface area (Å²) < 4.78 is 30.6. The molecule has 1 N–H and O–H groups in total. The molecular weight excluding hydrogens is 390 g/mol. The molecule has 0 aliphatic rings. The number of pyridine rings is 1. The Morgan fingerprint density at radius 3 is 2.60 bits per heavy atom. The quantitative estimate of drug-likeness (QED) is 0.670. The molecule has 0 radical (unpaired) electrons. The summed E-state index contributed by atoms with van der Waals surface area (Å²) in [7, 11) is 0. The molecule has 3 aromatic rings. The molecule has 0 bridgehead atoms. The smallest absolute Gasteiger partial charge is 0.268 e. The van der Waals surface area contributed by atoms with E-state index in [1.54, 1.807) is 6.92 Å². The number of halogens is 2. The van der Waals surface area contributed by atoms with Crippen molar-refractivity contribution in [2.75, 3.05) is 0 Å². The summed E-state index contributed by atoms with van der Waals surface area (Å²) in [4.78, 5) is 25.8. The second-order valence-corrected chi connectivity index (χ2v) is 7.20. The van der Waals surface area contributed by atoms with E-state index in [1.165, 1.54) is 12.3 Å². The van der Waals surface area contributed by atoms with E-state index in [-0.39, 0.29) is 17.8 Å². The Kier molecular flexibility index (Phi) is 6.14. The molecule has 1 amide bonds. The molecule has 158 valence electrons. The predicted octanol–water partition coefficient (Wildman–Crippen LogP) is 3.58. The fourth-order valence-electron chi connectivity index (χ4n) is 3.44. The van der Waals surface area contributed by atoms with Gasteiger partial charge in [-0.25, -0.2) is 8.78 Å². The lowest BCUT2D eigenvalue weighted by atomic mass is 10.1. The number of aromatic nitrogens is 3. The largest absolute Gasteiger partial charge is 0.348 e. The van der Waals surface area contributed by atoms with Crippen LogP contribution in [0.15, 0.2) is 35.3 Å². The van der Waals surface area contributed by atoms with Gasteiger partial charge in [0.2, 0.25) is 0 Å². The van der Waals surface area contributed by atoms with E-state index < -0.39 is 23.1 Å². The van der Waals surface area contributed by atoms with Gasteiger partial charge in [0.05, 0.1) is 11.4 Å². The van der Waals surface area contributed by atoms with Gasteiger partial charge in [0.25, 0.3) is 11.5 Å². The van der Waals surface area contributed by atoms with Crippen molar-refractivity contribution in [1.29, 1.82) is 0 Å². The molecular formula is C22H24F2N4O2. The zero-order valence-electron chi connectivity index (χ0n) is 17.4. The molecule has 0 aliphatic heterocycles. The molecule has 0 spiro atoms. The summed E-state index contributed by atoms with van der Waals surface area (Å²) in [5.74, 6) is -2.02. The first-order valence-corrected chi connectivity index (χ1v) is 9.73. The zero-order chi connectivity index (χ0) is 22.0. The first kappa shape index (κ1) is 21.4. The number of carbonyl (C=O) groups is 1. The van der Waals surface area contributed by atoms with E-state index in [0.717, 1.165) is 52.7 Å². The van der Waals surface area contributed by atoms with Crippen LogP contribution in [0.1, 0.15) is 46.2 Å². The third-order valence-corrected chi connectivity index (χ3v) is 5.09. The molecule has 6 nitrogen and oxygen atoms in total. The lowest BCUT2D eigenvalue weighted by Gasteiger charge is -2.12. The monoisotopic (exact) mass is 414 g/mol. The molecule has 2 aromatic heterocycles. The van der Waals surface area contributed by atoms with Gasteiger partial charge in [0.15, 0.2) is 0 Å². The number of benzene rings is 1. The summed E-state index contributed by atoms with van der Waals surface area (Å²) >= 11 is 0. The molecule has 0 aliphatic carbocycles. The second kappa shape index (κ2) is 8.61. The topological polar surface area (TPSA) is 68.9 Å². The van der Waals surface area contributed by atoms with Crippen LogP contribution in [0.3, 0.4) is 0 Å². The van der Waals surface area contributed by atoms with E-state index in [4.69, 9.17) is 0 Å². The first-order chi connectivity index (χ1) is 14.2. The maximum atomic E-state index is 14.2. The number of amides is 1. The molecule has 0 atom stereocenters. The first-order valence-electron chi connectivity index (χ1n) is 9.73. The van der Waals surface area contributed by atoms with E-state index in [1.807, 2.05) is 18.5 Å². The van der Waals surface area contributed by atoms with Crippen LogP contribution in [0.2, 0.25) is 0 Å². The maximum Gasteiger partial charge on any atom is 0.268 e. The number of aryl methyl sites for hydroxylation is 3. The number of carbonyl (C=O) groups excluding carboxylic acids is 1. The van der Waals surface area contributed by atoms with Gasteiger partial charge in [-0.1, -0.05) is 6.92 Å². The number of nitrogens with zero attached hydrogens (tertiary/aromatic N) is 3. The Hall–Kier alpha value is -3.29. The van der Waals surface area contributed by atoms with Gasteiger partial charge >= 0.3 is 0 Å². The van der Waals surface area contributed by atoms with Gasteiger partial charge in [0, 0.05) is 36.6 Å². The summed E-state index contributed by atoms with van der Waals surface area (Å²) in [6.07, 6.45) is 2.27. The SMILES string of the molecule is CCCn1nc(C)c(CNC(=O)c2c(C)ccn(-c3cc(F)ccc3F)c2=O)c1C. The summed E-state index contributed by atoms with van der Waals surface area (Å²) in [5.41, 5.74) is 2.03. The van der Waals surface area contributed by atoms with Gasteiger partial charge in [-0.2, -0.15) is 5.10 Å². The molecule has 8 heteroatoms. The summed E-state index contributed by atoms with van der Waals surface area (Å²) in [6, 6.07) is 4.35.